The average molecular weight is 271 g/mol. The molecule has 3 aromatic rings. The Balaban J connectivity index is 1.72. The first-order valence-corrected chi connectivity index (χ1v) is 6.56. The number of aromatic nitrogens is 4. The maximum atomic E-state index is 5.52. The third kappa shape index (κ3) is 2.65. The average Bonchev–Trinajstić information content (AvgIpc) is 3.18. The topological polar surface area (TPSA) is 60.8 Å². The van der Waals surface area contributed by atoms with Gasteiger partial charge in [-0.2, -0.15) is 5.10 Å². The monoisotopic (exact) mass is 271 g/mol. The summed E-state index contributed by atoms with van der Waals surface area (Å²) in [4.78, 5) is 4.41. The zero-order valence-electron chi connectivity index (χ0n) is 11.3. The van der Waals surface area contributed by atoms with E-state index >= 15 is 0 Å². The molecule has 1 atom stereocenters. The molecule has 0 saturated carbocycles. The molecule has 0 bridgehead atoms. The van der Waals surface area contributed by atoms with Crippen LogP contribution in [0.25, 0.3) is 0 Å². The van der Waals surface area contributed by atoms with Gasteiger partial charge in [0.05, 0.1) is 12.8 Å². The zero-order valence-corrected chi connectivity index (χ0v) is 11.3. The molecule has 0 radical (unpaired) electrons. The number of hydrogen-bond acceptors (Lipinski definition) is 4. The SMILES string of the molecule is Cn1ccnc1C(NCCn1cccn1)c1ccco1. The van der Waals surface area contributed by atoms with Gasteiger partial charge in [-0.3, -0.25) is 10.00 Å². The molecule has 20 heavy (non-hydrogen) atoms. The van der Waals surface area contributed by atoms with Gasteiger partial charge in [-0.15, -0.1) is 0 Å². The molecule has 1 N–H and O–H groups in total. The van der Waals surface area contributed by atoms with Crippen molar-refractivity contribution in [2.75, 3.05) is 6.54 Å². The minimum absolute atomic E-state index is 0.0550. The van der Waals surface area contributed by atoms with Gasteiger partial charge in [0.25, 0.3) is 0 Å². The standard InChI is InChI=1S/C14H17N5O/c1-18-9-6-16-14(18)13(12-4-2-11-20-12)15-7-10-19-8-3-5-17-19/h2-6,8-9,11,13,15H,7,10H2,1H3. The highest BCUT2D eigenvalue weighted by atomic mass is 16.3. The van der Waals surface area contributed by atoms with E-state index in [1.165, 1.54) is 0 Å². The lowest BCUT2D eigenvalue weighted by molar-refractivity contribution is 0.418. The van der Waals surface area contributed by atoms with Gasteiger partial charge in [-0.1, -0.05) is 0 Å². The van der Waals surface area contributed by atoms with Gasteiger partial charge >= 0.3 is 0 Å². The molecule has 3 heterocycles. The molecule has 0 aliphatic carbocycles. The fraction of sp³-hybridized carbons (Fsp3) is 0.286. The second-order valence-corrected chi connectivity index (χ2v) is 4.57. The minimum atomic E-state index is -0.0550. The fourth-order valence-electron chi connectivity index (χ4n) is 2.19. The van der Waals surface area contributed by atoms with Crippen LogP contribution in [-0.4, -0.2) is 25.9 Å². The van der Waals surface area contributed by atoms with E-state index in [9.17, 15) is 0 Å². The van der Waals surface area contributed by atoms with Crippen molar-refractivity contribution in [3.05, 3.63) is 60.8 Å². The van der Waals surface area contributed by atoms with E-state index in [4.69, 9.17) is 4.42 Å². The van der Waals surface area contributed by atoms with Crippen LogP contribution >= 0.6 is 0 Å². The van der Waals surface area contributed by atoms with E-state index in [-0.39, 0.29) is 6.04 Å². The predicted molar refractivity (Wildman–Crippen MR) is 74.0 cm³/mol. The number of imidazole rings is 1. The lowest BCUT2D eigenvalue weighted by Crippen LogP contribution is -2.28. The number of furan rings is 1. The highest BCUT2D eigenvalue weighted by Crippen LogP contribution is 2.20. The number of aryl methyl sites for hydroxylation is 1. The van der Waals surface area contributed by atoms with Crippen molar-refractivity contribution in [2.24, 2.45) is 7.05 Å². The summed E-state index contributed by atoms with van der Waals surface area (Å²) in [6.07, 6.45) is 9.13. The van der Waals surface area contributed by atoms with E-state index in [0.29, 0.717) is 0 Å². The first kappa shape index (κ1) is 12.7. The summed E-state index contributed by atoms with van der Waals surface area (Å²) in [6, 6.07) is 5.71. The fourth-order valence-corrected chi connectivity index (χ4v) is 2.19. The van der Waals surface area contributed by atoms with Gasteiger partial charge in [0.1, 0.15) is 17.6 Å². The van der Waals surface area contributed by atoms with E-state index in [2.05, 4.69) is 15.4 Å². The molecule has 3 aromatic heterocycles. The van der Waals surface area contributed by atoms with Crippen molar-refractivity contribution >= 4 is 0 Å². The van der Waals surface area contributed by atoms with Crippen molar-refractivity contribution < 1.29 is 4.42 Å². The summed E-state index contributed by atoms with van der Waals surface area (Å²) in [5.74, 6) is 1.79. The summed E-state index contributed by atoms with van der Waals surface area (Å²) in [6.45, 7) is 1.58. The Labute approximate surface area is 117 Å². The molecule has 0 fully saturated rings. The van der Waals surface area contributed by atoms with Crippen LogP contribution in [0.3, 0.4) is 0 Å². The maximum absolute atomic E-state index is 5.52. The molecule has 0 saturated heterocycles. The molecule has 3 rings (SSSR count). The molecule has 0 aliphatic rings. The van der Waals surface area contributed by atoms with Crippen molar-refractivity contribution in [1.82, 2.24) is 24.6 Å². The van der Waals surface area contributed by atoms with Crippen molar-refractivity contribution in [3.63, 3.8) is 0 Å². The van der Waals surface area contributed by atoms with E-state index in [1.54, 1.807) is 18.7 Å². The Morgan fingerprint density at radius 3 is 2.90 bits per heavy atom. The second kappa shape index (κ2) is 5.75. The Morgan fingerprint density at radius 2 is 2.25 bits per heavy atom. The maximum Gasteiger partial charge on any atom is 0.133 e. The molecular formula is C14H17N5O. The van der Waals surface area contributed by atoms with E-state index in [0.717, 1.165) is 24.7 Å². The summed E-state index contributed by atoms with van der Waals surface area (Å²) in [5.41, 5.74) is 0. The zero-order chi connectivity index (χ0) is 13.8. The lowest BCUT2D eigenvalue weighted by Gasteiger charge is -2.16. The van der Waals surface area contributed by atoms with Crippen LogP contribution in [0, 0.1) is 0 Å². The molecular weight excluding hydrogens is 254 g/mol. The summed E-state index contributed by atoms with van der Waals surface area (Å²) in [5, 5.41) is 7.65. The molecule has 0 aliphatic heterocycles. The molecule has 1 unspecified atom stereocenters. The Kier molecular flexibility index (Phi) is 3.64. The Hall–Kier alpha value is -2.34. The highest BCUT2D eigenvalue weighted by molar-refractivity contribution is 5.15. The normalized spacial score (nSPS) is 12.7. The molecule has 104 valence electrons. The first-order valence-electron chi connectivity index (χ1n) is 6.56. The summed E-state index contributed by atoms with van der Waals surface area (Å²) in [7, 11) is 1.98. The quantitative estimate of drug-likeness (QED) is 0.739. The van der Waals surface area contributed by atoms with Crippen LogP contribution in [0.2, 0.25) is 0 Å². The number of rotatable bonds is 6. The second-order valence-electron chi connectivity index (χ2n) is 4.57. The van der Waals surface area contributed by atoms with Gasteiger partial charge in [0.2, 0.25) is 0 Å². The van der Waals surface area contributed by atoms with Crippen molar-refractivity contribution in [2.45, 2.75) is 12.6 Å². The predicted octanol–water partition coefficient (Wildman–Crippen LogP) is 1.59. The number of nitrogens with one attached hydrogen (secondary N) is 1. The Morgan fingerprint density at radius 1 is 1.30 bits per heavy atom. The molecule has 6 heteroatoms. The summed E-state index contributed by atoms with van der Waals surface area (Å²) < 4.78 is 9.41. The van der Waals surface area contributed by atoms with Crippen molar-refractivity contribution in [3.8, 4) is 0 Å². The Bertz CT molecular complexity index is 626. The first-order chi connectivity index (χ1) is 9.84. The van der Waals surface area contributed by atoms with Crippen molar-refractivity contribution in [1.29, 1.82) is 0 Å². The third-order valence-corrected chi connectivity index (χ3v) is 3.19. The van der Waals surface area contributed by atoms with Gasteiger partial charge in [0, 0.05) is 38.4 Å². The van der Waals surface area contributed by atoms with Gasteiger partial charge in [0.15, 0.2) is 0 Å². The van der Waals surface area contributed by atoms with Crippen LogP contribution < -0.4 is 5.32 Å². The molecule has 0 aromatic carbocycles. The molecule has 0 spiro atoms. The summed E-state index contributed by atoms with van der Waals surface area (Å²) >= 11 is 0. The van der Waals surface area contributed by atoms with Gasteiger partial charge in [-0.05, 0) is 18.2 Å². The molecule has 0 amide bonds. The molecule has 6 nitrogen and oxygen atoms in total. The largest absolute Gasteiger partial charge is 0.467 e. The van der Waals surface area contributed by atoms with Crippen LogP contribution in [0.5, 0.6) is 0 Å². The van der Waals surface area contributed by atoms with Crippen LogP contribution in [0.1, 0.15) is 17.6 Å². The number of nitrogens with zero attached hydrogens (tertiary/aromatic N) is 4. The smallest absolute Gasteiger partial charge is 0.133 e. The van der Waals surface area contributed by atoms with Crippen LogP contribution in [0.4, 0.5) is 0 Å². The highest BCUT2D eigenvalue weighted by Gasteiger charge is 2.20. The van der Waals surface area contributed by atoms with Gasteiger partial charge in [-0.25, -0.2) is 4.98 Å². The van der Waals surface area contributed by atoms with Crippen LogP contribution in [-0.2, 0) is 13.6 Å². The van der Waals surface area contributed by atoms with Crippen LogP contribution in [0.15, 0.2) is 53.7 Å². The minimum Gasteiger partial charge on any atom is -0.467 e. The number of hydrogen-bond donors (Lipinski definition) is 1. The third-order valence-electron chi connectivity index (χ3n) is 3.19. The van der Waals surface area contributed by atoms with Gasteiger partial charge < -0.3 is 8.98 Å². The van der Waals surface area contributed by atoms with E-state index in [1.807, 2.05) is 46.9 Å². The van der Waals surface area contributed by atoms with E-state index < -0.39 is 0 Å². The lowest BCUT2D eigenvalue weighted by atomic mass is 10.2.